The third kappa shape index (κ3) is 5.50. The van der Waals surface area contributed by atoms with E-state index in [-0.39, 0.29) is 24.5 Å². The van der Waals surface area contributed by atoms with Crippen LogP contribution in [-0.2, 0) is 4.79 Å². The van der Waals surface area contributed by atoms with Gasteiger partial charge >= 0.3 is 0 Å². The molecule has 2 unspecified atom stereocenters. The molecule has 0 aromatic carbocycles. The molecule has 0 heterocycles. The minimum Gasteiger partial charge on any atom is -0.396 e. The third-order valence-electron chi connectivity index (χ3n) is 2.25. The zero-order valence-electron chi connectivity index (χ0n) is 9.25. The normalized spacial score (nSPS) is 14.9. The summed E-state index contributed by atoms with van der Waals surface area (Å²) >= 11 is 1.69. The first-order chi connectivity index (χ1) is 6.65. The fraction of sp³-hybridized carbons (Fsp3) is 0.900. The van der Waals surface area contributed by atoms with Crippen molar-refractivity contribution in [3.05, 3.63) is 0 Å². The lowest BCUT2D eigenvalue weighted by atomic mass is 10.1. The summed E-state index contributed by atoms with van der Waals surface area (Å²) in [7, 11) is 0. The Morgan fingerprint density at radius 3 is 2.64 bits per heavy atom. The summed E-state index contributed by atoms with van der Waals surface area (Å²) in [6.45, 7) is 4.05. The van der Waals surface area contributed by atoms with Crippen LogP contribution in [0.1, 0.15) is 26.7 Å². The first kappa shape index (κ1) is 13.8. The average Bonchev–Trinajstić information content (AvgIpc) is 2.17. The SMILES string of the molecule is CCC(C)C(=O)NC(CCO)CSC. The van der Waals surface area contributed by atoms with Crippen molar-refractivity contribution in [3.8, 4) is 0 Å². The first-order valence-corrected chi connectivity index (χ1v) is 6.45. The van der Waals surface area contributed by atoms with Crippen LogP contribution < -0.4 is 5.32 Å². The van der Waals surface area contributed by atoms with Crippen molar-refractivity contribution in [3.63, 3.8) is 0 Å². The van der Waals surface area contributed by atoms with Crippen molar-refractivity contribution in [2.75, 3.05) is 18.6 Å². The van der Waals surface area contributed by atoms with Crippen molar-refractivity contribution in [2.24, 2.45) is 5.92 Å². The molecule has 0 fully saturated rings. The Bertz CT molecular complexity index is 158. The van der Waals surface area contributed by atoms with Gasteiger partial charge in [-0.15, -0.1) is 0 Å². The summed E-state index contributed by atoms with van der Waals surface area (Å²) in [5, 5.41) is 11.8. The van der Waals surface area contributed by atoms with Gasteiger partial charge in [0.1, 0.15) is 0 Å². The lowest BCUT2D eigenvalue weighted by Gasteiger charge is -2.18. The summed E-state index contributed by atoms with van der Waals surface area (Å²) in [6.07, 6.45) is 3.50. The van der Waals surface area contributed by atoms with Crippen LogP contribution in [0.2, 0.25) is 0 Å². The number of nitrogens with one attached hydrogen (secondary N) is 1. The zero-order valence-corrected chi connectivity index (χ0v) is 10.1. The quantitative estimate of drug-likeness (QED) is 0.678. The van der Waals surface area contributed by atoms with Crippen LogP contribution in [0.3, 0.4) is 0 Å². The van der Waals surface area contributed by atoms with Crippen LogP contribution in [0.25, 0.3) is 0 Å². The molecule has 0 aromatic rings. The van der Waals surface area contributed by atoms with Gasteiger partial charge in [-0.3, -0.25) is 4.79 Å². The molecule has 2 N–H and O–H groups in total. The van der Waals surface area contributed by atoms with Gasteiger partial charge in [0.05, 0.1) is 0 Å². The minimum atomic E-state index is 0.0676. The fourth-order valence-corrected chi connectivity index (χ4v) is 1.74. The molecule has 3 nitrogen and oxygen atoms in total. The van der Waals surface area contributed by atoms with E-state index in [0.29, 0.717) is 6.42 Å². The van der Waals surface area contributed by atoms with E-state index in [0.717, 1.165) is 12.2 Å². The van der Waals surface area contributed by atoms with Crippen LogP contribution in [-0.4, -0.2) is 35.7 Å². The highest BCUT2D eigenvalue weighted by atomic mass is 32.2. The molecule has 2 atom stereocenters. The Kier molecular flexibility index (Phi) is 7.99. The summed E-state index contributed by atoms with van der Waals surface area (Å²) in [6, 6.07) is 0.108. The summed E-state index contributed by atoms with van der Waals surface area (Å²) in [4.78, 5) is 11.5. The molecule has 84 valence electrons. The predicted octanol–water partition coefficient (Wildman–Crippen LogP) is 1.26. The summed E-state index contributed by atoms with van der Waals surface area (Å²) < 4.78 is 0. The topological polar surface area (TPSA) is 49.3 Å². The molecular formula is C10H21NO2S. The number of hydrogen-bond donors (Lipinski definition) is 2. The molecule has 0 aliphatic carbocycles. The molecule has 0 rings (SSSR count). The Hall–Kier alpha value is -0.220. The highest BCUT2D eigenvalue weighted by molar-refractivity contribution is 7.98. The van der Waals surface area contributed by atoms with Gasteiger partial charge in [0.15, 0.2) is 0 Å². The molecule has 0 spiro atoms. The summed E-state index contributed by atoms with van der Waals surface area (Å²) in [5.41, 5.74) is 0. The molecule has 14 heavy (non-hydrogen) atoms. The van der Waals surface area contributed by atoms with Crippen LogP contribution in [0.15, 0.2) is 0 Å². The first-order valence-electron chi connectivity index (χ1n) is 5.05. The predicted molar refractivity (Wildman–Crippen MR) is 61.5 cm³/mol. The highest BCUT2D eigenvalue weighted by Gasteiger charge is 2.15. The van der Waals surface area contributed by atoms with E-state index in [4.69, 9.17) is 5.11 Å². The molecule has 0 saturated heterocycles. The van der Waals surface area contributed by atoms with Crippen LogP contribution in [0, 0.1) is 5.92 Å². The maximum atomic E-state index is 11.5. The average molecular weight is 219 g/mol. The number of amides is 1. The van der Waals surface area contributed by atoms with Crippen molar-refractivity contribution in [2.45, 2.75) is 32.7 Å². The largest absolute Gasteiger partial charge is 0.396 e. The van der Waals surface area contributed by atoms with E-state index in [1.54, 1.807) is 11.8 Å². The molecular weight excluding hydrogens is 198 g/mol. The van der Waals surface area contributed by atoms with E-state index in [9.17, 15) is 4.79 Å². The van der Waals surface area contributed by atoms with Crippen LogP contribution in [0.4, 0.5) is 0 Å². The van der Waals surface area contributed by atoms with Gasteiger partial charge in [-0.1, -0.05) is 13.8 Å². The number of thioether (sulfide) groups is 1. The van der Waals surface area contributed by atoms with Gasteiger partial charge in [-0.05, 0) is 19.1 Å². The van der Waals surface area contributed by atoms with E-state index in [2.05, 4.69) is 5.32 Å². The second kappa shape index (κ2) is 8.12. The lowest BCUT2D eigenvalue weighted by molar-refractivity contribution is -0.125. The molecule has 0 aliphatic rings. The standard InChI is InChI=1S/C10H21NO2S/c1-4-8(2)10(13)11-9(5-6-12)7-14-3/h8-9,12H,4-7H2,1-3H3,(H,11,13). The van der Waals surface area contributed by atoms with E-state index in [1.807, 2.05) is 20.1 Å². The Balaban J connectivity index is 3.94. The van der Waals surface area contributed by atoms with Gasteiger partial charge in [0.25, 0.3) is 0 Å². The van der Waals surface area contributed by atoms with Gasteiger partial charge in [0.2, 0.25) is 5.91 Å². The second-order valence-corrected chi connectivity index (χ2v) is 4.39. The number of carbonyl (C=O) groups excluding carboxylic acids is 1. The Morgan fingerprint density at radius 2 is 2.21 bits per heavy atom. The monoisotopic (exact) mass is 219 g/mol. The van der Waals surface area contributed by atoms with E-state index in [1.165, 1.54) is 0 Å². The Morgan fingerprint density at radius 1 is 1.57 bits per heavy atom. The number of rotatable bonds is 7. The van der Waals surface area contributed by atoms with Gasteiger partial charge < -0.3 is 10.4 Å². The van der Waals surface area contributed by atoms with Crippen molar-refractivity contribution >= 4 is 17.7 Å². The number of carbonyl (C=O) groups is 1. The van der Waals surface area contributed by atoms with Crippen molar-refractivity contribution < 1.29 is 9.90 Å². The summed E-state index contributed by atoms with van der Waals surface area (Å²) in [5.74, 6) is 1.03. The van der Waals surface area contributed by atoms with Crippen LogP contribution in [0.5, 0.6) is 0 Å². The van der Waals surface area contributed by atoms with Gasteiger partial charge in [0, 0.05) is 24.3 Å². The maximum Gasteiger partial charge on any atom is 0.223 e. The number of aliphatic hydroxyl groups is 1. The Labute approximate surface area is 90.7 Å². The molecule has 0 saturated carbocycles. The van der Waals surface area contributed by atoms with E-state index >= 15 is 0 Å². The third-order valence-corrected chi connectivity index (χ3v) is 2.99. The molecule has 1 amide bonds. The number of aliphatic hydroxyl groups excluding tert-OH is 1. The van der Waals surface area contributed by atoms with Crippen LogP contribution >= 0.6 is 11.8 Å². The molecule has 0 aliphatic heterocycles. The van der Waals surface area contributed by atoms with Crippen molar-refractivity contribution in [1.82, 2.24) is 5.32 Å². The second-order valence-electron chi connectivity index (χ2n) is 3.48. The highest BCUT2D eigenvalue weighted by Crippen LogP contribution is 2.05. The van der Waals surface area contributed by atoms with E-state index < -0.39 is 0 Å². The molecule has 0 radical (unpaired) electrons. The molecule has 0 aromatic heterocycles. The minimum absolute atomic E-state index is 0.0676. The van der Waals surface area contributed by atoms with Crippen molar-refractivity contribution in [1.29, 1.82) is 0 Å². The smallest absolute Gasteiger partial charge is 0.223 e. The van der Waals surface area contributed by atoms with Gasteiger partial charge in [-0.25, -0.2) is 0 Å². The molecule has 4 heteroatoms. The maximum absolute atomic E-state index is 11.5. The number of hydrogen-bond acceptors (Lipinski definition) is 3. The fourth-order valence-electron chi connectivity index (χ4n) is 1.08. The zero-order chi connectivity index (χ0) is 11.0. The molecule has 0 bridgehead atoms. The van der Waals surface area contributed by atoms with Gasteiger partial charge in [-0.2, -0.15) is 11.8 Å². The lowest BCUT2D eigenvalue weighted by Crippen LogP contribution is -2.40.